The van der Waals surface area contributed by atoms with Crippen LogP contribution in [0.15, 0.2) is 48.7 Å². The zero-order chi connectivity index (χ0) is 30.3. The Hall–Kier alpha value is -3.25. The van der Waals surface area contributed by atoms with Crippen LogP contribution in [0.2, 0.25) is 5.02 Å². The zero-order valence-corrected chi connectivity index (χ0v) is 25.8. The van der Waals surface area contributed by atoms with E-state index in [2.05, 4.69) is 28.9 Å². The summed E-state index contributed by atoms with van der Waals surface area (Å²) in [5.74, 6) is -0.473. The molecule has 2 fully saturated rings. The molecule has 43 heavy (non-hydrogen) atoms. The summed E-state index contributed by atoms with van der Waals surface area (Å²) in [7, 11) is -3.92. The normalized spacial score (nSPS) is 19.6. The van der Waals surface area contributed by atoms with E-state index in [-0.39, 0.29) is 17.5 Å². The Kier molecular flexibility index (Phi) is 8.34. The number of benzene rings is 2. The van der Waals surface area contributed by atoms with Gasteiger partial charge < -0.3 is 15.8 Å². The molecule has 228 valence electrons. The molecule has 2 aliphatic rings. The van der Waals surface area contributed by atoms with Gasteiger partial charge in [-0.05, 0) is 74.8 Å². The quantitative estimate of drug-likeness (QED) is 0.208. The number of nitrogens with zero attached hydrogens (tertiary/aromatic N) is 3. The SMILES string of the molecule is CC(C)n1nc(-c2ccc(NS(=O)(=O)Cc3ccccc3Cl)c(F)c2)c2c(N)ncc(C3CCC(NC4COC4)CC3)c21. The Bertz CT molecular complexity index is 1750. The molecule has 3 heterocycles. The second-order valence-electron chi connectivity index (χ2n) is 11.8. The van der Waals surface area contributed by atoms with Crippen molar-refractivity contribution in [2.45, 2.75) is 69.3 Å². The fraction of sp³-hybridized carbons (Fsp3) is 0.419. The molecule has 4 aromatic rings. The van der Waals surface area contributed by atoms with Crippen molar-refractivity contribution in [3.63, 3.8) is 0 Å². The molecule has 6 rings (SSSR count). The number of rotatable bonds is 9. The summed E-state index contributed by atoms with van der Waals surface area (Å²) in [4.78, 5) is 4.56. The van der Waals surface area contributed by atoms with Crippen LogP contribution in [0.5, 0.6) is 0 Å². The summed E-state index contributed by atoms with van der Waals surface area (Å²) in [5.41, 5.74) is 9.75. The van der Waals surface area contributed by atoms with Gasteiger partial charge >= 0.3 is 0 Å². The van der Waals surface area contributed by atoms with Crippen molar-refractivity contribution < 1.29 is 17.5 Å². The molecule has 9 nitrogen and oxygen atoms in total. The number of anilines is 2. The third kappa shape index (κ3) is 6.22. The molecular formula is C31H36ClFN6O3S. The van der Waals surface area contributed by atoms with E-state index in [0.29, 0.717) is 51.0 Å². The molecule has 0 atom stereocenters. The molecule has 4 N–H and O–H groups in total. The van der Waals surface area contributed by atoms with Crippen LogP contribution < -0.4 is 15.8 Å². The van der Waals surface area contributed by atoms with Gasteiger partial charge in [0, 0.05) is 28.9 Å². The van der Waals surface area contributed by atoms with Gasteiger partial charge in [-0.25, -0.2) is 17.8 Å². The van der Waals surface area contributed by atoms with Gasteiger partial charge in [0.15, 0.2) is 0 Å². The van der Waals surface area contributed by atoms with Gasteiger partial charge in [-0.1, -0.05) is 35.9 Å². The van der Waals surface area contributed by atoms with Gasteiger partial charge in [0.2, 0.25) is 10.0 Å². The molecule has 0 amide bonds. The molecule has 2 aromatic heterocycles. The summed E-state index contributed by atoms with van der Waals surface area (Å²) in [5, 5.41) is 9.63. The summed E-state index contributed by atoms with van der Waals surface area (Å²) < 4.78 is 50.7. The number of nitrogens with two attached hydrogens (primary N) is 1. The maximum Gasteiger partial charge on any atom is 0.237 e. The van der Waals surface area contributed by atoms with Gasteiger partial charge in [-0.15, -0.1) is 0 Å². The van der Waals surface area contributed by atoms with Gasteiger partial charge in [0.25, 0.3) is 0 Å². The highest BCUT2D eigenvalue weighted by Gasteiger charge is 2.30. The molecule has 1 aliphatic heterocycles. The average molecular weight is 627 g/mol. The molecule has 1 saturated carbocycles. The minimum absolute atomic E-state index is 0.0224. The van der Waals surface area contributed by atoms with Crippen LogP contribution in [0.25, 0.3) is 22.2 Å². The number of hydrogen-bond acceptors (Lipinski definition) is 7. The topological polar surface area (TPSA) is 124 Å². The number of ether oxygens (including phenoxy) is 1. The standard InChI is InChI=1S/C31H36ClFN6O3S/c1-18(2)39-30-24(19-7-10-22(11-8-19)36-23-15-42-16-23)14-35-31(34)28(30)29(37-39)20-9-12-27(26(33)13-20)38-43(40,41)17-21-5-3-4-6-25(21)32/h3-6,9,12-14,18-19,22-23,36,38H,7-8,10-11,15-17H2,1-2H3,(H2,34,35). The van der Waals surface area contributed by atoms with E-state index < -0.39 is 15.8 Å². The monoisotopic (exact) mass is 626 g/mol. The second kappa shape index (κ2) is 12.0. The number of pyridine rings is 1. The predicted molar refractivity (Wildman–Crippen MR) is 168 cm³/mol. The highest BCUT2D eigenvalue weighted by molar-refractivity contribution is 7.91. The average Bonchev–Trinajstić information content (AvgIpc) is 3.36. The molecule has 12 heteroatoms. The fourth-order valence-corrected chi connectivity index (χ4v) is 7.61. The maximum absolute atomic E-state index is 15.4. The second-order valence-corrected chi connectivity index (χ2v) is 13.9. The van der Waals surface area contributed by atoms with Gasteiger partial charge in [-0.3, -0.25) is 9.40 Å². The predicted octanol–water partition coefficient (Wildman–Crippen LogP) is 6.01. The maximum atomic E-state index is 15.4. The third-order valence-electron chi connectivity index (χ3n) is 8.36. The van der Waals surface area contributed by atoms with Crippen LogP contribution in [0.1, 0.15) is 62.6 Å². The van der Waals surface area contributed by atoms with Crippen LogP contribution in [0, 0.1) is 5.82 Å². The lowest BCUT2D eigenvalue weighted by molar-refractivity contribution is -0.0121. The van der Waals surface area contributed by atoms with Crippen LogP contribution in [-0.4, -0.2) is 48.5 Å². The zero-order valence-electron chi connectivity index (χ0n) is 24.2. The Morgan fingerprint density at radius 3 is 2.51 bits per heavy atom. The first-order chi connectivity index (χ1) is 20.6. The lowest BCUT2D eigenvalue weighted by Crippen LogP contribution is -2.51. The van der Waals surface area contributed by atoms with E-state index >= 15 is 4.39 Å². The Balaban J connectivity index is 1.29. The van der Waals surface area contributed by atoms with Crippen LogP contribution >= 0.6 is 11.6 Å². The Labute approximate surface area is 256 Å². The van der Waals surface area contributed by atoms with E-state index in [9.17, 15) is 8.42 Å². The third-order valence-corrected chi connectivity index (χ3v) is 9.95. The van der Waals surface area contributed by atoms with Crippen molar-refractivity contribution in [2.75, 3.05) is 23.7 Å². The number of nitrogen functional groups attached to an aromatic ring is 1. The van der Waals surface area contributed by atoms with E-state index in [0.717, 1.165) is 50.0 Å². The van der Waals surface area contributed by atoms with Crippen LogP contribution in [0.4, 0.5) is 15.9 Å². The van der Waals surface area contributed by atoms with Crippen molar-refractivity contribution >= 4 is 44.0 Å². The molecular weight excluding hydrogens is 591 g/mol. The van der Waals surface area contributed by atoms with Gasteiger partial charge in [0.05, 0.1) is 41.6 Å². The Morgan fingerprint density at radius 2 is 1.86 bits per heavy atom. The number of nitrogens with one attached hydrogen (secondary N) is 2. The Morgan fingerprint density at radius 1 is 1.12 bits per heavy atom. The van der Waals surface area contributed by atoms with Crippen LogP contribution in [0.3, 0.4) is 0 Å². The van der Waals surface area contributed by atoms with Crippen molar-refractivity contribution in [3.8, 4) is 11.3 Å². The van der Waals surface area contributed by atoms with E-state index in [1.165, 1.54) is 12.1 Å². The molecule has 1 aliphatic carbocycles. The molecule has 0 radical (unpaired) electrons. The summed E-state index contributed by atoms with van der Waals surface area (Å²) in [6.45, 7) is 5.68. The first-order valence-corrected chi connectivity index (χ1v) is 16.7. The van der Waals surface area contributed by atoms with Crippen molar-refractivity contribution in [1.82, 2.24) is 20.1 Å². The highest BCUT2D eigenvalue weighted by Crippen LogP contribution is 2.42. The minimum atomic E-state index is -3.92. The molecule has 0 unspecified atom stereocenters. The lowest BCUT2D eigenvalue weighted by Gasteiger charge is -2.35. The first-order valence-electron chi connectivity index (χ1n) is 14.6. The highest BCUT2D eigenvalue weighted by atomic mass is 35.5. The number of aromatic nitrogens is 3. The molecule has 0 bridgehead atoms. The lowest BCUT2D eigenvalue weighted by atomic mass is 9.81. The van der Waals surface area contributed by atoms with Gasteiger partial charge in [0.1, 0.15) is 17.3 Å². The summed E-state index contributed by atoms with van der Waals surface area (Å²) >= 11 is 6.13. The van der Waals surface area contributed by atoms with Crippen molar-refractivity contribution in [3.05, 3.63) is 70.6 Å². The molecule has 2 aromatic carbocycles. The first kappa shape index (κ1) is 29.8. The van der Waals surface area contributed by atoms with E-state index in [1.807, 2.05) is 10.9 Å². The molecule has 1 saturated heterocycles. The van der Waals surface area contributed by atoms with Gasteiger partial charge in [-0.2, -0.15) is 5.10 Å². The minimum Gasteiger partial charge on any atom is -0.383 e. The molecule has 0 spiro atoms. The number of halogens is 2. The van der Waals surface area contributed by atoms with Crippen molar-refractivity contribution in [1.29, 1.82) is 0 Å². The number of hydrogen-bond donors (Lipinski definition) is 3. The summed E-state index contributed by atoms with van der Waals surface area (Å²) in [6.07, 6.45) is 6.03. The number of sulfonamides is 1. The number of fused-ring (bicyclic) bond motifs is 1. The van der Waals surface area contributed by atoms with Crippen molar-refractivity contribution in [2.24, 2.45) is 0 Å². The largest absolute Gasteiger partial charge is 0.383 e. The van der Waals surface area contributed by atoms with E-state index in [1.54, 1.807) is 30.3 Å². The fourth-order valence-electron chi connectivity index (χ4n) is 6.10. The smallest absolute Gasteiger partial charge is 0.237 e. The summed E-state index contributed by atoms with van der Waals surface area (Å²) in [6, 6.07) is 12.0. The van der Waals surface area contributed by atoms with E-state index in [4.69, 9.17) is 27.2 Å². The van der Waals surface area contributed by atoms with Crippen LogP contribution in [-0.2, 0) is 20.5 Å².